The van der Waals surface area contributed by atoms with Crippen LogP contribution in [0.25, 0.3) is 6.08 Å². The maximum Gasteiger partial charge on any atom is 0.328 e. The second-order valence-electron chi connectivity index (χ2n) is 2.92. The fourth-order valence-corrected chi connectivity index (χ4v) is 0.965. The van der Waals surface area contributed by atoms with E-state index in [1.807, 2.05) is 0 Å². The van der Waals surface area contributed by atoms with E-state index in [0.29, 0.717) is 11.3 Å². The summed E-state index contributed by atoms with van der Waals surface area (Å²) in [7, 11) is 1.43. The van der Waals surface area contributed by atoms with Gasteiger partial charge in [-0.15, -0.1) is 0 Å². The zero-order valence-electron chi connectivity index (χ0n) is 9.75. The van der Waals surface area contributed by atoms with Crippen LogP contribution in [0.2, 0.25) is 0 Å². The molecule has 1 aromatic carbocycles. The van der Waals surface area contributed by atoms with E-state index in [9.17, 15) is 9.90 Å². The molecular weight excluding hydrogens is 224 g/mol. The van der Waals surface area contributed by atoms with Crippen LogP contribution in [0.4, 0.5) is 0 Å². The number of carboxylic acid groups (broad SMARTS) is 1. The molecule has 5 nitrogen and oxygen atoms in total. The van der Waals surface area contributed by atoms with Crippen LogP contribution in [0, 0.1) is 0 Å². The number of aliphatic hydroxyl groups is 1. The van der Waals surface area contributed by atoms with Crippen LogP contribution < -0.4 is 4.74 Å². The lowest BCUT2D eigenvalue weighted by atomic mass is 10.2. The topological polar surface area (TPSA) is 87.0 Å². The Kier molecular flexibility index (Phi) is 7.21. The molecule has 5 heteroatoms. The number of phenols is 1. The van der Waals surface area contributed by atoms with Crippen molar-refractivity contribution >= 4 is 12.0 Å². The van der Waals surface area contributed by atoms with Gasteiger partial charge in [0.05, 0.1) is 7.11 Å². The van der Waals surface area contributed by atoms with Crippen molar-refractivity contribution < 1.29 is 24.9 Å². The van der Waals surface area contributed by atoms with E-state index in [1.165, 1.54) is 19.3 Å². The molecule has 1 aromatic rings. The number of methoxy groups -OCH3 is 1. The fourth-order valence-electron chi connectivity index (χ4n) is 0.965. The van der Waals surface area contributed by atoms with Crippen LogP contribution in [-0.4, -0.2) is 35.0 Å². The molecule has 0 aromatic heterocycles. The number of aliphatic carboxylic acids is 1. The highest BCUT2D eigenvalue weighted by atomic mass is 16.5. The van der Waals surface area contributed by atoms with Gasteiger partial charge >= 0.3 is 5.97 Å². The Hall–Kier alpha value is -2.01. The Morgan fingerprint density at radius 2 is 2.06 bits per heavy atom. The molecule has 0 heterocycles. The van der Waals surface area contributed by atoms with Gasteiger partial charge in [0.1, 0.15) is 0 Å². The number of phenolic OH excluding ortho intramolecular Hbond substituents is 1. The van der Waals surface area contributed by atoms with E-state index >= 15 is 0 Å². The number of hydrogen-bond donors (Lipinski definition) is 3. The summed E-state index contributed by atoms with van der Waals surface area (Å²) >= 11 is 0. The van der Waals surface area contributed by atoms with Gasteiger partial charge in [-0.1, -0.05) is 6.07 Å². The number of ether oxygens (including phenoxy) is 1. The van der Waals surface area contributed by atoms with Gasteiger partial charge in [0.25, 0.3) is 0 Å². The monoisotopic (exact) mass is 240 g/mol. The molecule has 0 aliphatic heterocycles. The third kappa shape index (κ3) is 6.21. The van der Waals surface area contributed by atoms with Crippen LogP contribution >= 0.6 is 0 Å². The molecule has 0 unspecified atom stereocenters. The second-order valence-corrected chi connectivity index (χ2v) is 2.92. The molecule has 0 fully saturated rings. The number of benzene rings is 1. The molecule has 0 atom stereocenters. The van der Waals surface area contributed by atoms with E-state index in [-0.39, 0.29) is 12.4 Å². The number of carboxylic acids is 1. The van der Waals surface area contributed by atoms with Gasteiger partial charge in [0, 0.05) is 12.7 Å². The zero-order chi connectivity index (χ0) is 13.3. The molecule has 0 saturated heterocycles. The predicted octanol–water partition coefficient (Wildman–Crippen LogP) is 1.50. The largest absolute Gasteiger partial charge is 0.504 e. The van der Waals surface area contributed by atoms with Crippen LogP contribution in [0.15, 0.2) is 24.3 Å². The van der Waals surface area contributed by atoms with Gasteiger partial charge < -0.3 is 20.1 Å². The first-order valence-electron chi connectivity index (χ1n) is 4.94. The Morgan fingerprint density at radius 3 is 2.53 bits per heavy atom. The maximum absolute atomic E-state index is 10.2. The predicted molar refractivity (Wildman–Crippen MR) is 64.1 cm³/mol. The highest BCUT2D eigenvalue weighted by molar-refractivity contribution is 5.85. The number of hydrogen-bond acceptors (Lipinski definition) is 4. The Bertz CT molecular complexity index is 384. The number of carbonyl (C=O) groups is 1. The SMILES string of the molecule is CCO.COc1cc(C=CC(=O)O)ccc1O. The normalized spacial score (nSPS) is 9.59. The van der Waals surface area contributed by atoms with Crippen molar-refractivity contribution in [2.24, 2.45) is 0 Å². The van der Waals surface area contributed by atoms with Gasteiger partial charge in [0.2, 0.25) is 0 Å². The van der Waals surface area contributed by atoms with E-state index in [2.05, 4.69) is 0 Å². The lowest BCUT2D eigenvalue weighted by Crippen LogP contribution is -1.87. The van der Waals surface area contributed by atoms with Crippen LogP contribution in [0.5, 0.6) is 11.5 Å². The lowest BCUT2D eigenvalue weighted by molar-refractivity contribution is -0.131. The van der Waals surface area contributed by atoms with Crippen LogP contribution in [-0.2, 0) is 4.79 Å². The standard InChI is InChI=1S/C10H10O4.C2H6O/c1-14-9-6-7(2-4-8(9)11)3-5-10(12)13;1-2-3/h2-6,11H,1H3,(H,12,13);3H,2H2,1H3. The molecule has 0 aliphatic carbocycles. The zero-order valence-corrected chi connectivity index (χ0v) is 9.75. The summed E-state index contributed by atoms with van der Waals surface area (Å²) in [5, 5.41) is 25.2. The van der Waals surface area contributed by atoms with Crippen molar-refractivity contribution in [3.63, 3.8) is 0 Å². The first kappa shape index (κ1) is 15.0. The van der Waals surface area contributed by atoms with Crippen molar-refractivity contribution in [3.05, 3.63) is 29.8 Å². The number of aliphatic hydroxyl groups excluding tert-OH is 1. The van der Waals surface area contributed by atoms with Gasteiger partial charge in [-0.3, -0.25) is 0 Å². The molecule has 1 rings (SSSR count). The molecule has 17 heavy (non-hydrogen) atoms. The fraction of sp³-hybridized carbons (Fsp3) is 0.250. The van der Waals surface area contributed by atoms with Crippen LogP contribution in [0.3, 0.4) is 0 Å². The molecule has 0 aliphatic rings. The number of aromatic hydroxyl groups is 1. The van der Waals surface area contributed by atoms with Crippen LogP contribution in [0.1, 0.15) is 12.5 Å². The average Bonchev–Trinajstić information content (AvgIpc) is 2.29. The van der Waals surface area contributed by atoms with Gasteiger partial charge in [0.15, 0.2) is 11.5 Å². The first-order chi connectivity index (χ1) is 8.04. The molecular formula is C12H16O5. The highest BCUT2D eigenvalue weighted by Crippen LogP contribution is 2.26. The average molecular weight is 240 g/mol. The third-order valence-corrected chi connectivity index (χ3v) is 1.62. The molecule has 0 bridgehead atoms. The smallest absolute Gasteiger partial charge is 0.328 e. The van der Waals surface area contributed by atoms with E-state index < -0.39 is 5.97 Å². The summed E-state index contributed by atoms with van der Waals surface area (Å²) in [6.45, 7) is 1.93. The molecule has 0 amide bonds. The Balaban J connectivity index is 0.000000770. The molecule has 94 valence electrons. The first-order valence-corrected chi connectivity index (χ1v) is 4.94. The minimum absolute atomic E-state index is 0.0278. The third-order valence-electron chi connectivity index (χ3n) is 1.62. The summed E-state index contributed by atoms with van der Waals surface area (Å²) in [5.74, 6) is -0.672. The minimum Gasteiger partial charge on any atom is -0.504 e. The van der Waals surface area contributed by atoms with Crippen molar-refractivity contribution in [1.29, 1.82) is 0 Å². The van der Waals surface area contributed by atoms with Crippen molar-refractivity contribution in [2.45, 2.75) is 6.92 Å². The minimum atomic E-state index is -1.02. The van der Waals surface area contributed by atoms with E-state index in [4.69, 9.17) is 14.9 Å². The van der Waals surface area contributed by atoms with Crippen molar-refractivity contribution in [2.75, 3.05) is 13.7 Å². The summed E-state index contributed by atoms with van der Waals surface area (Å²) in [6.07, 6.45) is 2.44. The summed E-state index contributed by atoms with van der Waals surface area (Å²) in [4.78, 5) is 10.2. The van der Waals surface area contributed by atoms with E-state index in [1.54, 1.807) is 19.1 Å². The molecule has 0 spiro atoms. The second kappa shape index (κ2) is 8.18. The summed E-state index contributed by atoms with van der Waals surface area (Å²) in [5.41, 5.74) is 0.655. The maximum atomic E-state index is 10.2. The highest BCUT2D eigenvalue weighted by Gasteiger charge is 2.00. The quantitative estimate of drug-likeness (QED) is 0.697. The lowest BCUT2D eigenvalue weighted by Gasteiger charge is -2.03. The van der Waals surface area contributed by atoms with E-state index in [0.717, 1.165) is 6.08 Å². The Labute approximate surface area is 99.6 Å². The van der Waals surface area contributed by atoms with Gasteiger partial charge in [-0.05, 0) is 30.7 Å². The Morgan fingerprint density at radius 1 is 1.47 bits per heavy atom. The van der Waals surface area contributed by atoms with Crippen molar-refractivity contribution in [3.8, 4) is 11.5 Å². The summed E-state index contributed by atoms with van der Waals surface area (Å²) < 4.78 is 4.86. The molecule has 0 saturated carbocycles. The van der Waals surface area contributed by atoms with Gasteiger partial charge in [-0.25, -0.2) is 4.79 Å². The molecule has 3 N–H and O–H groups in total. The van der Waals surface area contributed by atoms with Crippen molar-refractivity contribution in [1.82, 2.24) is 0 Å². The van der Waals surface area contributed by atoms with Gasteiger partial charge in [-0.2, -0.15) is 0 Å². The number of rotatable bonds is 3. The molecule has 0 radical (unpaired) electrons. The summed E-state index contributed by atoms with van der Waals surface area (Å²) in [6, 6.07) is 4.59.